The molecule has 2 saturated heterocycles. The van der Waals surface area contributed by atoms with Crippen LogP contribution in [0.2, 0.25) is 0 Å². The first kappa shape index (κ1) is 19.1. The molecule has 2 aliphatic rings. The summed E-state index contributed by atoms with van der Waals surface area (Å²) in [7, 11) is -4.02. The summed E-state index contributed by atoms with van der Waals surface area (Å²) in [6, 6.07) is 0. The van der Waals surface area contributed by atoms with Crippen LogP contribution in [0.25, 0.3) is 0 Å². The average Bonchev–Trinajstić information content (AvgIpc) is 2.54. The molecule has 2 aliphatic heterocycles. The van der Waals surface area contributed by atoms with Crippen molar-refractivity contribution in [3.05, 3.63) is 0 Å². The maximum Gasteiger partial charge on any atom is 0.335 e. The van der Waals surface area contributed by atoms with E-state index in [1.54, 1.807) is 0 Å². The lowest BCUT2D eigenvalue weighted by atomic mass is 10.1. The molecule has 2 heterocycles. The van der Waals surface area contributed by atoms with Crippen LogP contribution in [0.5, 0.6) is 0 Å². The highest BCUT2D eigenvalue weighted by Gasteiger charge is 2.26. The predicted molar refractivity (Wildman–Crippen MR) is 90.9 cm³/mol. The molecule has 0 amide bonds. The van der Waals surface area contributed by atoms with Gasteiger partial charge < -0.3 is 9.64 Å². The van der Waals surface area contributed by atoms with Crippen molar-refractivity contribution >= 4 is 10.3 Å². The highest BCUT2D eigenvalue weighted by Crippen LogP contribution is 2.16. The first-order valence-electron chi connectivity index (χ1n) is 9.12. The van der Waals surface area contributed by atoms with Gasteiger partial charge in [-0.05, 0) is 58.2 Å². The van der Waals surface area contributed by atoms with Crippen molar-refractivity contribution in [1.29, 1.82) is 0 Å². The first-order chi connectivity index (χ1) is 11.1. The highest BCUT2D eigenvalue weighted by molar-refractivity contribution is 7.83. The summed E-state index contributed by atoms with van der Waals surface area (Å²) in [6.07, 6.45) is 10.5. The Hall–Kier alpha value is -0.210. The van der Waals surface area contributed by atoms with E-state index in [9.17, 15) is 8.42 Å². The van der Waals surface area contributed by atoms with Crippen LogP contribution in [0.15, 0.2) is 0 Å². The molecule has 6 nitrogen and oxygen atoms in total. The Balaban J connectivity index is 1.42. The number of unbranched alkanes of at least 4 members (excludes halogenated alkanes) is 3. The van der Waals surface area contributed by atoms with Crippen molar-refractivity contribution in [2.45, 2.75) is 63.9 Å². The van der Waals surface area contributed by atoms with E-state index in [-0.39, 0.29) is 6.10 Å². The quantitative estimate of drug-likeness (QED) is 0.511. The molecular weight excluding hydrogens is 316 g/mol. The van der Waals surface area contributed by atoms with Gasteiger partial charge >= 0.3 is 10.3 Å². The van der Waals surface area contributed by atoms with E-state index >= 15 is 0 Å². The maximum atomic E-state index is 11.0. The fourth-order valence-electron chi connectivity index (χ4n) is 3.45. The number of hydrogen-bond donors (Lipinski definition) is 1. The summed E-state index contributed by atoms with van der Waals surface area (Å²) in [5.74, 6) is 0. The van der Waals surface area contributed by atoms with E-state index < -0.39 is 10.3 Å². The van der Waals surface area contributed by atoms with Gasteiger partial charge in [0.05, 0.1) is 6.10 Å². The van der Waals surface area contributed by atoms with Crippen LogP contribution in [0.1, 0.15) is 57.8 Å². The third-order valence-corrected chi connectivity index (χ3v) is 5.92. The number of hydrogen-bond acceptors (Lipinski definition) is 4. The number of piperidine rings is 2. The summed E-state index contributed by atoms with van der Waals surface area (Å²) < 4.78 is 37.9. The van der Waals surface area contributed by atoms with E-state index in [0.29, 0.717) is 25.9 Å². The molecule has 0 aliphatic carbocycles. The molecule has 0 aromatic rings. The minimum Gasteiger partial charge on any atom is -0.378 e. The van der Waals surface area contributed by atoms with Crippen molar-refractivity contribution in [1.82, 2.24) is 9.21 Å². The molecule has 0 unspecified atom stereocenters. The lowest BCUT2D eigenvalue weighted by Crippen LogP contribution is -2.40. The lowest BCUT2D eigenvalue weighted by Gasteiger charge is -2.29. The predicted octanol–water partition coefficient (Wildman–Crippen LogP) is 2.32. The molecule has 0 bridgehead atoms. The topological polar surface area (TPSA) is 70.1 Å². The molecule has 0 spiro atoms. The van der Waals surface area contributed by atoms with Gasteiger partial charge in [0.2, 0.25) is 0 Å². The third kappa shape index (κ3) is 7.47. The SMILES string of the molecule is O=S(=O)(O)N1CCC(OCCCCCCN2CCCCC2)CC1. The van der Waals surface area contributed by atoms with Gasteiger partial charge in [-0.25, -0.2) is 0 Å². The van der Waals surface area contributed by atoms with Crippen LogP contribution >= 0.6 is 0 Å². The summed E-state index contributed by atoms with van der Waals surface area (Å²) in [6.45, 7) is 5.30. The normalized spacial score (nSPS) is 22.5. The highest BCUT2D eigenvalue weighted by atomic mass is 32.2. The van der Waals surface area contributed by atoms with E-state index in [2.05, 4.69) is 4.90 Å². The van der Waals surface area contributed by atoms with Gasteiger partial charge in [-0.1, -0.05) is 19.3 Å². The summed E-state index contributed by atoms with van der Waals surface area (Å²) in [5.41, 5.74) is 0. The Bertz CT molecular complexity index is 416. The van der Waals surface area contributed by atoms with Gasteiger partial charge in [0.25, 0.3) is 0 Å². The zero-order valence-corrected chi connectivity index (χ0v) is 15.0. The zero-order valence-electron chi connectivity index (χ0n) is 14.2. The fraction of sp³-hybridized carbons (Fsp3) is 1.00. The van der Waals surface area contributed by atoms with Crippen molar-refractivity contribution in [2.75, 3.05) is 39.3 Å². The molecule has 2 fully saturated rings. The van der Waals surface area contributed by atoms with E-state index in [1.165, 1.54) is 58.2 Å². The maximum absolute atomic E-state index is 11.0. The number of ether oxygens (including phenoxy) is 1. The molecule has 0 atom stereocenters. The Labute approximate surface area is 141 Å². The Morgan fingerprint density at radius 2 is 1.57 bits per heavy atom. The molecular formula is C16H32N2O4S. The fourth-order valence-corrected chi connectivity index (χ4v) is 4.13. The monoisotopic (exact) mass is 348 g/mol. The lowest BCUT2D eigenvalue weighted by molar-refractivity contribution is 0.0181. The van der Waals surface area contributed by atoms with Crippen LogP contribution in [0.3, 0.4) is 0 Å². The molecule has 0 saturated carbocycles. The minimum absolute atomic E-state index is 0.140. The van der Waals surface area contributed by atoms with Crippen LogP contribution in [-0.2, 0) is 15.0 Å². The van der Waals surface area contributed by atoms with Crippen LogP contribution in [0.4, 0.5) is 0 Å². The molecule has 0 radical (unpaired) electrons. The van der Waals surface area contributed by atoms with Crippen molar-refractivity contribution in [3.8, 4) is 0 Å². The van der Waals surface area contributed by atoms with E-state index in [1.807, 2.05) is 0 Å². The summed E-state index contributed by atoms with van der Waals surface area (Å²) >= 11 is 0. The summed E-state index contributed by atoms with van der Waals surface area (Å²) in [5, 5.41) is 0. The Morgan fingerprint density at radius 1 is 0.913 bits per heavy atom. The minimum atomic E-state index is -4.02. The molecule has 2 rings (SSSR count). The van der Waals surface area contributed by atoms with E-state index in [4.69, 9.17) is 9.29 Å². The number of rotatable bonds is 9. The van der Waals surface area contributed by atoms with Gasteiger partial charge in [0.1, 0.15) is 0 Å². The van der Waals surface area contributed by atoms with Crippen molar-refractivity contribution in [3.63, 3.8) is 0 Å². The number of nitrogens with zero attached hydrogens (tertiary/aromatic N) is 2. The van der Waals surface area contributed by atoms with Crippen molar-refractivity contribution in [2.24, 2.45) is 0 Å². The Morgan fingerprint density at radius 3 is 2.22 bits per heavy atom. The van der Waals surface area contributed by atoms with Crippen LogP contribution in [-0.4, -0.2) is 67.6 Å². The van der Waals surface area contributed by atoms with Gasteiger partial charge in [-0.3, -0.25) is 4.55 Å². The van der Waals surface area contributed by atoms with E-state index in [0.717, 1.165) is 17.3 Å². The average molecular weight is 349 g/mol. The molecule has 23 heavy (non-hydrogen) atoms. The van der Waals surface area contributed by atoms with Gasteiger partial charge in [-0.2, -0.15) is 12.7 Å². The molecule has 136 valence electrons. The smallest absolute Gasteiger partial charge is 0.335 e. The second-order valence-electron chi connectivity index (χ2n) is 6.76. The van der Waals surface area contributed by atoms with Crippen LogP contribution < -0.4 is 0 Å². The largest absolute Gasteiger partial charge is 0.378 e. The zero-order chi connectivity index (χ0) is 16.5. The van der Waals surface area contributed by atoms with Gasteiger partial charge in [-0.15, -0.1) is 0 Å². The first-order valence-corrected chi connectivity index (χ1v) is 10.5. The molecule has 1 N–H and O–H groups in total. The summed E-state index contributed by atoms with van der Waals surface area (Å²) in [4.78, 5) is 2.59. The molecule has 7 heteroatoms. The van der Waals surface area contributed by atoms with Crippen LogP contribution in [0, 0.1) is 0 Å². The second-order valence-corrected chi connectivity index (χ2v) is 8.18. The van der Waals surface area contributed by atoms with Crippen molar-refractivity contribution < 1.29 is 17.7 Å². The Kier molecular flexibility index (Phi) is 8.26. The second kappa shape index (κ2) is 9.93. The number of likely N-dealkylation sites (tertiary alicyclic amines) is 1. The third-order valence-electron chi connectivity index (χ3n) is 4.90. The van der Waals surface area contributed by atoms with Gasteiger partial charge in [0, 0.05) is 19.7 Å². The van der Waals surface area contributed by atoms with Gasteiger partial charge in [0.15, 0.2) is 0 Å². The molecule has 0 aromatic heterocycles. The standard InChI is InChI=1S/C16H32N2O4S/c19-23(20,21)18-13-8-16(9-14-18)22-15-7-2-1-4-10-17-11-5-3-6-12-17/h16H,1-15H2,(H,19,20,21). The molecule has 0 aromatic carbocycles.